The van der Waals surface area contributed by atoms with E-state index in [1.165, 1.54) is 0 Å². The number of aromatic hydroxyl groups is 1. The second-order valence-electron chi connectivity index (χ2n) is 8.89. The molecule has 0 saturated heterocycles. The highest BCUT2D eigenvalue weighted by Crippen LogP contribution is 2.36. The first-order chi connectivity index (χ1) is 17.1. The average molecular weight is 459 g/mol. The van der Waals surface area contributed by atoms with E-state index >= 15 is 0 Å². The van der Waals surface area contributed by atoms with Crippen LogP contribution in [0.4, 0.5) is 11.4 Å². The average Bonchev–Trinajstić information content (AvgIpc) is 2.88. The monoisotopic (exact) mass is 458 g/mol. The lowest BCUT2D eigenvalue weighted by Gasteiger charge is -2.18. The Labute approximate surface area is 202 Å². The van der Waals surface area contributed by atoms with Crippen molar-refractivity contribution in [3.63, 3.8) is 0 Å². The number of aromatic nitrogens is 2. The molecule has 6 heteroatoms. The minimum Gasteiger partial charge on any atom is -0.506 e. The number of rotatable bonds is 3. The molecule has 170 valence electrons. The summed E-state index contributed by atoms with van der Waals surface area (Å²) < 4.78 is 2.19. The Morgan fingerprint density at radius 3 is 2.60 bits per heavy atom. The van der Waals surface area contributed by atoms with Gasteiger partial charge >= 0.3 is 0 Å². The van der Waals surface area contributed by atoms with Crippen LogP contribution in [0.5, 0.6) is 5.75 Å². The highest BCUT2D eigenvalue weighted by Gasteiger charge is 2.29. The van der Waals surface area contributed by atoms with Gasteiger partial charge in [-0.3, -0.25) is 0 Å². The lowest BCUT2D eigenvalue weighted by Crippen LogP contribution is -2.39. The van der Waals surface area contributed by atoms with E-state index in [0.29, 0.717) is 11.4 Å². The smallest absolute Gasteiger partial charge is 0.239 e. The molecule has 3 N–H and O–H groups in total. The van der Waals surface area contributed by atoms with Gasteiger partial charge in [-0.1, -0.05) is 55.5 Å². The van der Waals surface area contributed by atoms with Gasteiger partial charge < -0.3 is 10.8 Å². The predicted molar refractivity (Wildman–Crippen MR) is 138 cm³/mol. The minimum absolute atomic E-state index is 0.0954. The molecule has 0 spiro atoms. The van der Waals surface area contributed by atoms with Gasteiger partial charge in [0.2, 0.25) is 16.9 Å². The van der Waals surface area contributed by atoms with E-state index in [2.05, 4.69) is 33.9 Å². The second kappa shape index (κ2) is 8.33. The summed E-state index contributed by atoms with van der Waals surface area (Å²) in [5.74, 6) is 0.344. The maximum atomic E-state index is 10.4. The summed E-state index contributed by atoms with van der Waals surface area (Å²) in [6, 6.07) is 27.4. The van der Waals surface area contributed by atoms with Crippen molar-refractivity contribution in [3.8, 4) is 11.4 Å². The fourth-order valence-electron chi connectivity index (χ4n) is 4.63. The molecule has 6 rings (SSSR count). The molecule has 1 aliphatic carbocycles. The third-order valence-electron chi connectivity index (χ3n) is 6.52. The van der Waals surface area contributed by atoms with Crippen LogP contribution in [0.1, 0.15) is 18.3 Å². The van der Waals surface area contributed by atoms with Crippen molar-refractivity contribution < 1.29 is 9.67 Å². The number of para-hydroxylation sites is 1. The molecule has 0 amide bonds. The fourth-order valence-corrected chi connectivity index (χ4v) is 4.63. The Bertz CT molecular complexity index is 1660. The van der Waals surface area contributed by atoms with Crippen molar-refractivity contribution in [2.75, 3.05) is 0 Å². The van der Waals surface area contributed by atoms with E-state index in [1.54, 1.807) is 6.07 Å². The molecule has 0 bridgehead atoms. The van der Waals surface area contributed by atoms with Gasteiger partial charge in [0.25, 0.3) is 0 Å². The highest BCUT2D eigenvalue weighted by atomic mass is 16.3. The molecule has 0 fully saturated rings. The number of fused-ring (bicyclic) bond motifs is 3. The summed E-state index contributed by atoms with van der Waals surface area (Å²) in [6.45, 7) is 2.12. The van der Waals surface area contributed by atoms with E-state index < -0.39 is 0 Å². The molecular weight excluding hydrogens is 434 g/mol. The summed E-state index contributed by atoms with van der Waals surface area (Å²) >= 11 is 0. The summed E-state index contributed by atoms with van der Waals surface area (Å²) in [5, 5.41) is 21.2. The van der Waals surface area contributed by atoms with Crippen molar-refractivity contribution in [2.24, 2.45) is 21.9 Å². The van der Waals surface area contributed by atoms with Crippen LogP contribution in [-0.4, -0.2) is 10.1 Å². The molecule has 1 aliphatic rings. The number of nitrogens with two attached hydrogens (primary N) is 1. The Morgan fingerprint density at radius 2 is 1.74 bits per heavy atom. The quantitative estimate of drug-likeness (QED) is 0.246. The number of phenolic OH excluding ortho intramolecular Hbond substituents is 1. The Hall–Kier alpha value is -4.58. The zero-order valence-corrected chi connectivity index (χ0v) is 19.3. The van der Waals surface area contributed by atoms with Gasteiger partial charge in [0.15, 0.2) is 0 Å². The molecule has 1 aromatic heterocycles. The topological polar surface area (TPSA) is 87.7 Å². The van der Waals surface area contributed by atoms with Gasteiger partial charge in [0.1, 0.15) is 22.6 Å². The van der Waals surface area contributed by atoms with E-state index in [9.17, 15) is 5.11 Å². The molecule has 4 aromatic carbocycles. The van der Waals surface area contributed by atoms with Crippen LogP contribution in [0.15, 0.2) is 101 Å². The zero-order valence-electron chi connectivity index (χ0n) is 19.3. The lowest BCUT2D eigenvalue weighted by molar-refractivity contribution is -0.570. The first-order valence-corrected chi connectivity index (χ1v) is 11.6. The number of nitrogens with zero attached hydrogens (tertiary/aromatic N) is 4. The summed E-state index contributed by atoms with van der Waals surface area (Å²) in [4.78, 5) is 4.97. The lowest BCUT2D eigenvalue weighted by atomic mass is 9.94. The Morgan fingerprint density at radius 1 is 0.943 bits per heavy atom. The number of phenols is 1. The predicted octanol–water partition coefficient (Wildman–Crippen LogP) is 6.28. The van der Waals surface area contributed by atoms with Gasteiger partial charge in [0.05, 0.1) is 5.69 Å². The molecule has 1 atom stereocenters. The SMILES string of the molecule is CC1Cc2nc3ccc(N=Nc4c(O)ccc5ccccc45)cc3[n+](-c3ccccc3)c2C=C1N. The molecule has 0 radical (unpaired) electrons. The third-order valence-corrected chi connectivity index (χ3v) is 6.52. The molecule has 35 heavy (non-hydrogen) atoms. The van der Waals surface area contributed by atoms with Crippen molar-refractivity contribution >= 4 is 39.3 Å². The maximum absolute atomic E-state index is 10.4. The minimum atomic E-state index is 0.0954. The van der Waals surface area contributed by atoms with Crippen LogP contribution >= 0.6 is 0 Å². The highest BCUT2D eigenvalue weighted by molar-refractivity contribution is 5.95. The van der Waals surface area contributed by atoms with E-state index in [0.717, 1.165) is 51.0 Å². The molecule has 0 saturated carbocycles. The normalized spacial score (nSPS) is 15.5. The van der Waals surface area contributed by atoms with E-state index in [1.807, 2.05) is 72.8 Å². The van der Waals surface area contributed by atoms with Gasteiger partial charge in [-0.2, -0.15) is 9.68 Å². The number of benzene rings is 4. The first kappa shape index (κ1) is 21.0. The van der Waals surface area contributed by atoms with Crippen molar-refractivity contribution in [1.82, 2.24) is 4.98 Å². The van der Waals surface area contributed by atoms with E-state index in [4.69, 9.17) is 10.7 Å². The molecule has 0 aliphatic heterocycles. The number of hydrogen-bond donors (Lipinski definition) is 2. The first-order valence-electron chi connectivity index (χ1n) is 11.6. The fraction of sp³-hybridized carbons (Fsp3) is 0.103. The maximum Gasteiger partial charge on any atom is 0.239 e. The third kappa shape index (κ3) is 3.69. The van der Waals surface area contributed by atoms with Crippen molar-refractivity contribution in [1.29, 1.82) is 0 Å². The van der Waals surface area contributed by atoms with Gasteiger partial charge in [-0.05, 0) is 23.6 Å². The van der Waals surface area contributed by atoms with Crippen LogP contribution in [-0.2, 0) is 6.42 Å². The van der Waals surface area contributed by atoms with Crippen LogP contribution < -0.4 is 10.3 Å². The molecule has 1 unspecified atom stereocenters. The molecule has 1 heterocycles. The van der Waals surface area contributed by atoms with Gasteiger partial charge in [0, 0.05) is 47.7 Å². The van der Waals surface area contributed by atoms with Crippen LogP contribution in [0.3, 0.4) is 0 Å². The van der Waals surface area contributed by atoms with E-state index in [-0.39, 0.29) is 11.7 Å². The molecular formula is C29H24N5O+. The number of azo groups is 1. The van der Waals surface area contributed by atoms with Crippen LogP contribution in [0.2, 0.25) is 0 Å². The van der Waals surface area contributed by atoms with Gasteiger partial charge in [-0.25, -0.2) is 4.98 Å². The van der Waals surface area contributed by atoms with Gasteiger partial charge in [-0.15, -0.1) is 5.11 Å². The van der Waals surface area contributed by atoms with Crippen molar-refractivity contribution in [3.05, 3.63) is 102 Å². The molecule has 6 nitrogen and oxygen atoms in total. The summed E-state index contributed by atoms with van der Waals surface area (Å²) in [6.07, 6.45) is 2.83. The summed E-state index contributed by atoms with van der Waals surface area (Å²) in [5.41, 5.74) is 13.1. The van der Waals surface area contributed by atoms with Crippen LogP contribution in [0.25, 0.3) is 33.6 Å². The van der Waals surface area contributed by atoms with Crippen molar-refractivity contribution in [2.45, 2.75) is 13.3 Å². The standard InChI is InChI=1S/C29H23N5O/c1-18-15-25-27(17-23(18)30)34(21-8-3-2-4-9-21)26-16-20(12-13-24(26)31-25)32-33-29-22-10-6-5-7-19(22)11-14-28(29)35/h2-14,16-18H,15H2,1H3,(H2,30,32,35)/p+1. The number of allylic oxidation sites excluding steroid dienone is 1. The largest absolute Gasteiger partial charge is 0.506 e. The Balaban J connectivity index is 1.54. The Kier molecular flexibility index (Phi) is 4.99. The summed E-state index contributed by atoms with van der Waals surface area (Å²) in [7, 11) is 0. The number of hydrogen-bond acceptors (Lipinski definition) is 5. The molecule has 5 aromatic rings. The van der Waals surface area contributed by atoms with Crippen LogP contribution in [0, 0.1) is 5.92 Å². The zero-order chi connectivity index (χ0) is 23.9. The second-order valence-corrected chi connectivity index (χ2v) is 8.89.